The molecule has 1 unspecified atom stereocenters. The molecule has 1 saturated carbocycles. The Balaban J connectivity index is 1.62. The van der Waals surface area contributed by atoms with Crippen LogP contribution in [0, 0.1) is 18.7 Å². The van der Waals surface area contributed by atoms with Gasteiger partial charge in [-0.15, -0.1) is 0 Å². The van der Waals surface area contributed by atoms with Gasteiger partial charge in [0.15, 0.2) is 0 Å². The molecule has 2 aromatic carbocycles. The van der Waals surface area contributed by atoms with Gasteiger partial charge in [-0.1, -0.05) is 42.0 Å². The number of carbonyl (C=O) groups excluding carboxylic acids is 2. The van der Waals surface area contributed by atoms with Crippen LogP contribution in [0.4, 0.5) is 4.39 Å². The van der Waals surface area contributed by atoms with Gasteiger partial charge in [-0.25, -0.2) is 4.39 Å². The van der Waals surface area contributed by atoms with Gasteiger partial charge in [0.2, 0.25) is 11.8 Å². The average molecular weight is 514 g/mol. The number of ether oxygens (including phenoxy) is 2. The number of aliphatic hydroxyl groups excluding tert-OH is 1. The summed E-state index contributed by atoms with van der Waals surface area (Å²) in [6.07, 6.45) is -1.13. The van der Waals surface area contributed by atoms with Crippen LogP contribution < -0.4 is 11.1 Å². The van der Waals surface area contributed by atoms with Crippen molar-refractivity contribution in [2.75, 3.05) is 32.8 Å². The zero-order valence-electron chi connectivity index (χ0n) is 21.4. The third-order valence-electron chi connectivity index (χ3n) is 7.10. The molecule has 2 amide bonds. The van der Waals surface area contributed by atoms with Crippen LogP contribution in [0.5, 0.6) is 0 Å². The molecular weight excluding hydrogens is 477 g/mol. The lowest BCUT2D eigenvalue weighted by atomic mass is 9.91. The molecule has 1 aliphatic heterocycles. The number of nitrogens with one attached hydrogen (secondary N) is 1. The highest BCUT2D eigenvalue weighted by molar-refractivity contribution is 5.79. The van der Waals surface area contributed by atoms with E-state index in [1.165, 1.54) is 13.0 Å². The Morgan fingerprint density at radius 1 is 1.27 bits per heavy atom. The summed E-state index contributed by atoms with van der Waals surface area (Å²) in [5, 5.41) is 12.8. The summed E-state index contributed by atoms with van der Waals surface area (Å²) in [6, 6.07) is 12.1. The largest absolute Gasteiger partial charge is 0.391 e. The van der Waals surface area contributed by atoms with E-state index in [-0.39, 0.29) is 43.2 Å². The van der Waals surface area contributed by atoms with Crippen molar-refractivity contribution in [2.24, 2.45) is 11.7 Å². The van der Waals surface area contributed by atoms with Crippen LogP contribution in [-0.2, 0) is 19.1 Å². The van der Waals surface area contributed by atoms with E-state index < -0.39 is 24.4 Å². The van der Waals surface area contributed by atoms with Crippen molar-refractivity contribution < 1.29 is 28.6 Å². The summed E-state index contributed by atoms with van der Waals surface area (Å²) in [5.41, 5.74) is 8.70. The minimum Gasteiger partial charge on any atom is -0.391 e. The Morgan fingerprint density at radius 2 is 2.05 bits per heavy atom. The van der Waals surface area contributed by atoms with Crippen LogP contribution >= 0.6 is 0 Å². The molecule has 1 aliphatic carbocycles. The number of halogens is 1. The standard InChI is InChI=1S/C28H36FN3O5/c1-17-5-3-6-19(13-17)26-21(7-4-8-22(26)29)27(37-11-9-31-18(2)33)25-16-32(10-12-36-25)28(35)20-14-23(30)24(34)15-20/h3-8,13,20,23-25,27,34H,9-12,14-16,30H2,1-2H3,(H,31,33)/t20-,23+,24-,25-,27?/m0/s1. The predicted octanol–water partition coefficient (Wildman–Crippen LogP) is 2.32. The molecule has 2 aromatic rings. The number of hydrogen-bond donors (Lipinski definition) is 3. The molecular formula is C28H36FN3O5. The first-order valence-corrected chi connectivity index (χ1v) is 12.8. The molecule has 4 N–H and O–H groups in total. The van der Waals surface area contributed by atoms with Gasteiger partial charge in [-0.3, -0.25) is 9.59 Å². The maximum absolute atomic E-state index is 15.3. The number of nitrogens with two attached hydrogens (primary N) is 1. The molecule has 37 heavy (non-hydrogen) atoms. The van der Waals surface area contributed by atoms with E-state index in [4.69, 9.17) is 15.2 Å². The summed E-state index contributed by atoms with van der Waals surface area (Å²) >= 11 is 0. The van der Waals surface area contributed by atoms with E-state index in [1.54, 1.807) is 11.0 Å². The number of nitrogens with zero attached hydrogens (tertiary/aromatic N) is 1. The van der Waals surface area contributed by atoms with Crippen LogP contribution in [0.1, 0.15) is 37.0 Å². The Morgan fingerprint density at radius 3 is 2.76 bits per heavy atom. The van der Waals surface area contributed by atoms with Gasteiger partial charge in [-0.05, 0) is 37.0 Å². The van der Waals surface area contributed by atoms with Crippen LogP contribution in [-0.4, -0.2) is 72.9 Å². The monoisotopic (exact) mass is 513 g/mol. The van der Waals surface area contributed by atoms with Crippen molar-refractivity contribution in [3.8, 4) is 11.1 Å². The molecule has 4 rings (SSSR count). The van der Waals surface area contributed by atoms with Gasteiger partial charge < -0.3 is 30.5 Å². The first kappa shape index (κ1) is 27.2. The fourth-order valence-corrected chi connectivity index (χ4v) is 5.26. The maximum Gasteiger partial charge on any atom is 0.226 e. The number of rotatable bonds is 8. The normalized spacial score (nSPS) is 24.6. The average Bonchev–Trinajstić information content (AvgIpc) is 3.21. The molecule has 0 bridgehead atoms. The molecule has 0 spiro atoms. The first-order chi connectivity index (χ1) is 17.7. The molecule has 0 aromatic heterocycles. The molecule has 8 nitrogen and oxygen atoms in total. The second-order valence-electron chi connectivity index (χ2n) is 9.94. The molecule has 2 aliphatic rings. The molecule has 1 heterocycles. The van der Waals surface area contributed by atoms with E-state index in [2.05, 4.69) is 5.32 Å². The van der Waals surface area contributed by atoms with E-state index in [0.717, 1.165) is 11.1 Å². The molecule has 200 valence electrons. The van der Waals surface area contributed by atoms with E-state index in [9.17, 15) is 14.7 Å². The lowest BCUT2D eigenvalue weighted by Crippen LogP contribution is -2.50. The molecule has 1 saturated heterocycles. The Labute approximate surface area is 216 Å². The maximum atomic E-state index is 15.3. The minimum atomic E-state index is -0.688. The second-order valence-corrected chi connectivity index (χ2v) is 9.94. The summed E-state index contributed by atoms with van der Waals surface area (Å²) < 4.78 is 27.7. The molecule has 2 fully saturated rings. The smallest absolute Gasteiger partial charge is 0.226 e. The Hall–Kier alpha value is -2.85. The van der Waals surface area contributed by atoms with Crippen LogP contribution in [0.3, 0.4) is 0 Å². The third-order valence-corrected chi connectivity index (χ3v) is 7.10. The summed E-state index contributed by atoms with van der Waals surface area (Å²) in [7, 11) is 0. The van der Waals surface area contributed by atoms with E-state index >= 15 is 4.39 Å². The van der Waals surface area contributed by atoms with Gasteiger partial charge in [0.05, 0.1) is 19.3 Å². The quantitative estimate of drug-likeness (QED) is 0.467. The number of hydrogen-bond acceptors (Lipinski definition) is 6. The van der Waals surface area contributed by atoms with Gasteiger partial charge in [-0.2, -0.15) is 0 Å². The molecule has 0 radical (unpaired) electrons. The zero-order valence-corrected chi connectivity index (χ0v) is 21.4. The van der Waals surface area contributed by atoms with Gasteiger partial charge in [0, 0.05) is 44.1 Å². The van der Waals surface area contributed by atoms with Crippen molar-refractivity contribution >= 4 is 11.8 Å². The minimum absolute atomic E-state index is 0.0598. The number of aryl methyl sites for hydroxylation is 1. The third kappa shape index (κ3) is 6.54. The van der Waals surface area contributed by atoms with E-state index in [1.807, 2.05) is 37.3 Å². The van der Waals surface area contributed by atoms with Crippen molar-refractivity contribution in [2.45, 2.75) is 51.0 Å². The number of morpholine rings is 1. The number of amides is 2. The first-order valence-electron chi connectivity index (χ1n) is 12.8. The molecule has 9 heteroatoms. The Bertz CT molecular complexity index is 1100. The number of aliphatic hydroxyl groups is 1. The lowest BCUT2D eigenvalue weighted by molar-refractivity contribution is -0.152. The summed E-state index contributed by atoms with van der Waals surface area (Å²) in [5.74, 6) is -0.944. The van der Waals surface area contributed by atoms with Gasteiger partial charge in [0.25, 0.3) is 0 Å². The SMILES string of the molecule is CC(=O)NCCOC(c1cccc(F)c1-c1cccc(C)c1)[C@@H]1CN(C(=O)[C@H]2C[C@@H](N)[C@@H](O)C2)CCO1. The van der Waals surface area contributed by atoms with E-state index in [0.29, 0.717) is 37.1 Å². The summed E-state index contributed by atoms with van der Waals surface area (Å²) in [6.45, 7) is 4.83. The van der Waals surface area contributed by atoms with Gasteiger partial charge >= 0.3 is 0 Å². The fourth-order valence-electron chi connectivity index (χ4n) is 5.26. The van der Waals surface area contributed by atoms with Crippen LogP contribution in [0.25, 0.3) is 11.1 Å². The van der Waals surface area contributed by atoms with Gasteiger partial charge in [0.1, 0.15) is 18.0 Å². The fraction of sp³-hybridized carbons (Fsp3) is 0.500. The second kappa shape index (κ2) is 12.1. The van der Waals surface area contributed by atoms with Crippen molar-refractivity contribution in [3.63, 3.8) is 0 Å². The lowest BCUT2D eigenvalue weighted by Gasteiger charge is -2.38. The zero-order chi connectivity index (χ0) is 26.5. The van der Waals surface area contributed by atoms with Crippen LogP contribution in [0.2, 0.25) is 0 Å². The summed E-state index contributed by atoms with van der Waals surface area (Å²) in [4.78, 5) is 26.4. The Kier molecular flexibility index (Phi) is 8.91. The van der Waals surface area contributed by atoms with Crippen molar-refractivity contribution in [1.82, 2.24) is 10.2 Å². The highest BCUT2D eigenvalue weighted by Crippen LogP contribution is 2.37. The topological polar surface area (TPSA) is 114 Å². The highest BCUT2D eigenvalue weighted by atomic mass is 19.1. The molecule has 5 atom stereocenters. The number of carbonyl (C=O) groups is 2. The number of benzene rings is 2. The van der Waals surface area contributed by atoms with Crippen molar-refractivity contribution in [1.29, 1.82) is 0 Å². The van der Waals surface area contributed by atoms with Crippen molar-refractivity contribution in [3.05, 3.63) is 59.4 Å². The van der Waals surface area contributed by atoms with Crippen LogP contribution in [0.15, 0.2) is 42.5 Å². The highest BCUT2D eigenvalue weighted by Gasteiger charge is 2.40. The predicted molar refractivity (Wildman–Crippen MR) is 137 cm³/mol.